The molecule has 0 heterocycles. The van der Waals surface area contributed by atoms with Crippen LogP contribution in [0.25, 0.3) is 0 Å². The smallest absolute Gasteiger partial charge is 0.326 e. The van der Waals surface area contributed by atoms with E-state index in [0.29, 0.717) is 38.6 Å². The maximum absolute atomic E-state index is 12.7. The van der Waals surface area contributed by atoms with Crippen LogP contribution in [0.15, 0.2) is 36.5 Å². The second-order valence-corrected chi connectivity index (χ2v) is 14.7. The molecule has 2 atom stereocenters. The van der Waals surface area contributed by atoms with Crippen molar-refractivity contribution in [2.75, 3.05) is 6.54 Å². The highest BCUT2D eigenvalue weighted by molar-refractivity contribution is 5.83. The van der Waals surface area contributed by atoms with Crippen molar-refractivity contribution in [2.45, 2.75) is 225 Å². The number of amides is 1. The van der Waals surface area contributed by atoms with Gasteiger partial charge in [-0.3, -0.25) is 9.59 Å². The number of nitrogens with one attached hydrogen (secondary N) is 1. The van der Waals surface area contributed by atoms with E-state index in [-0.39, 0.29) is 18.0 Å². The molecule has 302 valence electrons. The lowest BCUT2D eigenvalue weighted by atomic mass is 10.1. The predicted molar refractivity (Wildman–Crippen MR) is 220 cm³/mol. The summed E-state index contributed by atoms with van der Waals surface area (Å²) in [4.78, 5) is 36.2. The van der Waals surface area contributed by atoms with Crippen molar-refractivity contribution in [3.05, 3.63) is 36.5 Å². The Bertz CT molecular complexity index is 915. The third-order valence-corrected chi connectivity index (χ3v) is 9.66. The third kappa shape index (κ3) is 36.0. The van der Waals surface area contributed by atoms with Gasteiger partial charge in [-0.05, 0) is 96.1 Å². The van der Waals surface area contributed by atoms with Gasteiger partial charge in [0.15, 0.2) is 0 Å². The summed E-state index contributed by atoms with van der Waals surface area (Å²) in [7, 11) is 0. The fourth-order valence-corrected chi connectivity index (χ4v) is 6.33. The lowest BCUT2D eigenvalue weighted by Crippen LogP contribution is -2.40. The van der Waals surface area contributed by atoms with Crippen molar-refractivity contribution in [3.63, 3.8) is 0 Å². The summed E-state index contributed by atoms with van der Waals surface area (Å²) >= 11 is 0. The first kappa shape index (κ1) is 49.6. The van der Waals surface area contributed by atoms with E-state index in [1.54, 1.807) is 0 Å². The fourth-order valence-electron chi connectivity index (χ4n) is 6.33. The van der Waals surface area contributed by atoms with Crippen molar-refractivity contribution in [1.29, 1.82) is 0 Å². The molecule has 0 aliphatic heterocycles. The van der Waals surface area contributed by atoms with Crippen LogP contribution in [-0.4, -0.2) is 41.6 Å². The van der Waals surface area contributed by atoms with Gasteiger partial charge in [-0.15, -0.1) is 0 Å². The van der Waals surface area contributed by atoms with Gasteiger partial charge in [0.1, 0.15) is 12.1 Å². The zero-order valence-electron chi connectivity index (χ0n) is 33.9. The van der Waals surface area contributed by atoms with E-state index in [0.717, 1.165) is 57.8 Å². The molecule has 0 spiro atoms. The number of esters is 1. The molecule has 0 aliphatic carbocycles. The van der Waals surface area contributed by atoms with Gasteiger partial charge >= 0.3 is 11.9 Å². The van der Waals surface area contributed by atoms with Crippen LogP contribution >= 0.6 is 0 Å². The highest BCUT2D eigenvalue weighted by Gasteiger charge is 2.19. The molecular weight excluding hydrogens is 649 g/mol. The SMILES string of the molecule is CCCCCC/C=C\C(CCCCCCC(=O)NC(CCCN)C(=O)O)OC(=O)CCCCCCCCCCC/C=C\C/C=C\CCCCCCC. The van der Waals surface area contributed by atoms with E-state index in [4.69, 9.17) is 10.5 Å². The van der Waals surface area contributed by atoms with Crippen LogP contribution < -0.4 is 11.1 Å². The minimum atomic E-state index is -1.02. The Morgan fingerprint density at radius 2 is 1.06 bits per heavy atom. The lowest BCUT2D eigenvalue weighted by molar-refractivity contribution is -0.147. The average Bonchev–Trinajstić information content (AvgIpc) is 3.13. The Hall–Kier alpha value is -2.41. The van der Waals surface area contributed by atoms with E-state index in [2.05, 4.69) is 55.6 Å². The number of hydrogen-bond donors (Lipinski definition) is 3. The second kappa shape index (κ2) is 39.8. The number of carbonyl (C=O) groups is 3. The maximum atomic E-state index is 12.7. The van der Waals surface area contributed by atoms with E-state index in [1.807, 2.05) is 0 Å². The number of carboxylic acids is 1. The Balaban J connectivity index is 4.08. The van der Waals surface area contributed by atoms with Crippen LogP contribution in [0, 0.1) is 0 Å². The van der Waals surface area contributed by atoms with Crippen molar-refractivity contribution < 1.29 is 24.2 Å². The number of nitrogens with two attached hydrogens (primary N) is 1. The molecule has 0 aromatic carbocycles. The topological polar surface area (TPSA) is 119 Å². The van der Waals surface area contributed by atoms with Gasteiger partial charge in [0.05, 0.1) is 0 Å². The molecule has 0 radical (unpaired) electrons. The molecule has 0 aliphatic rings. The normalized spacial score (nSPS) is 13.0. The molecule has 0 aromatic rings. The molecule has 2 unspecified atom stereocenters. The molecule has 0 aromatic heterocycles. The first-order valence-electron chi connectivity index (χ1n) is 21.8. The van der Waals surface area contributed by atoms with Gasteiger partial charge in [-0.1, -0.05) is 147 Å². The summed E-state index contributed by atoms with van der Waals surface area (Å²) in [5.41, 5.74) is 5.47. The summed E-state index contributed by atoms with van der Waals surface area (Å²) < 4.78 is 5.90. The predicted octanol–water partition coefficient (Wildman–Crippen LogP) is 12.2. The largest absolute Gasteiger partial charge is 0.480 e. The maximum Gasteiger partial charge on any atom is 0.326 e. The Kier molecular flexibility index (Phi) is 37.9. The van der Waals surface area contributed by atoms with Gasteiger partial charge in [0.25, 0.3) is 0 Å². The van der Waals surface area contributed by atoms with E-state index in [9.17, 15) is 19.5 Å². The first-order valence-corrected chi connectivity index (χ1v) is 21.8. The molecule has 0 rings (SSSR count). The van der Waals surface area contributed by atoms with Crippen molar-refractivity contribution in [2.24, 2.45) is 5.73 Å². The fraction of sp³-hybridized carbons (Fsp3) is 0.800. The highest BCUT2D eigenvalue weighted by Crippen LogP contribution is 2.16. The van der Waals surface area contributed by atoms with Gasteiger partial charge in [-0.25, -0.2) is 4.79 Å². The van der Waals surface area contributed by atoms with Crippen LogP contribution in [-0.2, 0) is 19.1 Å². The number of rotatable bonds is 39. The number of aliphatic carboxylic acids is 1. The highest BCUT2D eigenvalue weighted by atomic mass is 16.5. The van der Waals surface area contributed by atoms with E-state index < -0.39 is 12.0 Å². The van der Waals surface area contributed by atoms with Crippen LogP contribution in [0.2, 0.25) is 0 Å². The average molecular weight is 731 g/mol. The number of unbranched alkanes of at least 4 members (excludes halogenated alkanes) is 21. The Morgan fingerprint density at radius 1 is 0.577 bits per heavy atom. The molecule has 7 nitrogen and oxygen atoms in total. The van der Waals surface area contributed by atoms with Gasteiger partial charge in [-0.2, -0.15) is 0 Å². The number of ether oxygens (including phenoxy) is 1. The van der Waals surface area contributed by atoms with E-state index >= 15 is 0 Å². The van der Waals surface area contributed by atoms with Crippen LogP contribution in [0.3, 0.4) is 0 Å². The van der Waals surface area contributed by atoms with Crippen LogP contribution in [0.1, 0.15) is 213 Å². The van der Waals surface area contributed by atoms with Crippen molar-refractivity contribution in [1.82, 2.24) is 5.32 Å². The zero-order valence-corrected chi connectivity index (χ0v) is 33.9. The zero-order chi connectivity index (χ0) is 38.2. The minimum absolute atomic E-state index is 0.0946. The second-order valence-electron chi connectivity index (χ2n) is 14.7. The molecule has 4 N–H and O–H groups in total. The molecule has 0 saturated heterocycles. The van der Waals surface area contributed by atoms with Gasteiger partial charge in [0.2, 0.25) is 5.91 Å². The molecule has 0 fully saturated rings. The number of hydrogen-bond acceptors (Lipinski definition) is 5. The third-order valence-electron chi connectivity index (χ3n) is 9.66. The number of allylic oxidation sites excluding steroid dienone is 5. The molecule has 1 amide bonds. The molecule has 0 bridgehead atoms. The molecule has 52 heavy (non-hydrogen) atoms. The van der Waals surface area contributed by atoms with Crippen molar-refractivity contribution in [3.8, 4) is 0 Å². The van der Waals surface area contributed by atoms with Gasteiger partial charge in [0, 0.05) is 12.8 Å². The number of carboxylic acid groups (broad SMARTS) is 1. The summed E-state index contributed by atoms with van der Waals surface area (Å²) in [6.07, 6.45) is 46.5. The summed E-state index contributed by atoms with van der Waals surface area (Å²) in [6, 6.07) is -0.870. The first-order chi connectivity index (χ1) is 25.4. The molecule has 0 saturated carbocycles. The molecule has 7 heteroatoms. The summed E-state index contributed by atoms with van der Waals surface area (Å²) in [6.45, 7) is 4.89. The standard InChI is InChI=1S/C45H82N2O5/c1-3-5-7-9-11-12-13-14-15-16-17-18-19-20-21-22-23-24-25-27-33-39-44(49)52-41(35-30-26-10-8-6-4-2)36-31-28-29-32-38-43(48)47-42(45(50)51)37-34-40-46/h13-14,16-17,30,35,41-42H,3-12,15,18-29,31-34,36-40,46H2,1-2H3,(H,47,48)(H,50,51)/b14-13-,17-16-,35-30-. The quantitative estimate of drug-likeness (QED) is 0.0329. The number of carbonyl (C=O) groups excluding carboxylic acids is 2. The Morgan fingerprint density at radius 3 is 1.62 bits per heavy atom. The van der Waals surface area contributed by atoms with Crippen LogP contribution in [0.5, 0.6) is 0 Å². The summed E-state index contributed by atoms with van der Waals surface area (Å²) in [5, 5.41) is 11.9. The monoisotopic (exact) mass is 731 g/mol. The van der Waals surface area contributed by atoms with Crippen LogP contribution in [0.4, 0.5) is 0 Å². The summed E-state index contributed by atoms with van der Waals surface area (Å²) in [5.74, 6) is -1.33. The van der Waals surface area contributed by atoms with Crippen molar-refractivity contribution >= 4 is 17.8 Å². The van der Waals surface area contributed by atoms with Gasteiger partial charge < -0.3 is 20.9 Å². The van der Waals surface area contributed by atoms with E-state index in [1.165, 1.54) is 109 Å². The molecular formula is C45H82N2O5. The lowest BCUT2D eigenvalue weighted by Gasteiger charge is -2.15. The Labute approximate surface area is 320 Å². The minimum Gasteiger partial charge on any atom is -0.480 e.